The van der Waals surface area contributed by atoms with Crippen molar-refractivity contribution in [2.75, 3.05) is 12.4 Å². The van der Waals surface area contributed by atoms with Gasteiger partial charge in [0.15, 0.2) is 0 Å². The van der Waals surface area contributed by atoms with Crippen molar-refractivity contribution in [2.45, 2.75) is 37.6 Å². The molecule has 1 fully saturated rings. The molecule has 1 aliphatic carbocycles. The third-order valence-corrected chi connectivity index (χ3v) is 5.41. The van der Waals surface area contributed by atoms with Crippen molar-refractivity contribution < 1.29 is 13.3 Å². The number of sulfonamides is 1. The molecule has 1 saturated carbocycles. The van der Waals surface area contributed by atoms with Crippen LogP contribution in [0.25, 0.3) is 0 Å². The molecule has 2 rings (SSSR count). The van der Waals surface area contributed by atoms with Crippen LogP contribution in [0.15, 0.2) is 17.0 Å². The van der Waals surface area contributed by atoms with E-state index in [4.69, 9.17) is 0 Å². The zero-order valence-electron chi connectivity index (χ0n) is 12.2. The van der Waals surface area contributed by atoms with Gasteiger partial charge in [0.25, 0.3) is 5.69 Å². The molecule has 1 aromatic carbocycles. The Bertz CT molecular complexity index is 666. The van der Waals surface area contributed by atoms with E-state index in [2.05, 4.69) is 17.0 Å². The fourth-order valence-electron chi connectivity index (χ4n) is 2.60. The van der Waals surface area contributed by atoms with Gasteiger partial charge >= 0.3 is 0 Å². The molecule has 7 nitrogen and oxygen atoms in total. The van der Waals surface area contributed by atoms with Gasteiger partial charge in [0.1, 0.15) is 5.69 Å². The standard InChI is InChI=1S/C13H19N3O4S/c1-8-4-10(5-8)15-21(19,20)13-7-12(16(17)18)11(14-3)6-9(13)2/h6-8,10,14-15H,4-5H2,1-3H3. The molecular formula is C13H19N3O4S. The molecule has 0 amide bonds. The summed E-state index contributed by atoms with van der Waals surface area (Å²) in [7, 11) is -2.18. The second-order valence-corrected chi connectivity index (χ2v) is 7.22. The normalized spacial score (nSPS) is 21.7. The second-order valence-electron chi connectivity index (χ2n) is 5.54. The molecule has 1 aliphatic rings. The number of nitrogens with one attached hydrogen (secondary N) is 2. The SMILES string of the molecule is CNc1cc(C)c(S(=O)(=O)NC2CC(C)C2)cc1[N+](=O)[O-]. The van der Waals surface area contributed by atoms with Gasteiger partial charge in [-0.1, -0.05) is 6.92 Å². The summed E-state index contributed by atoms with van der Waals surface area (Å²) in [4.78, 5) is 10.4. The van der Waals surface area contributed by atoms with Crippen molar-refractivity contribution in [3.05, 3.63) is 27.8 Å². The van der Waals surface area contributed by atoms with Crippen LogP contribution in [0.2, 0.25) is 0 Å². The fraction of sp³-hybridized carbons (Fsp3) is 0.538. The van der Waals surface area contributed by atoms with Crippen LogP contribution < -0.4 is 10.0 Å². The Balaban J connectivity index is 2.38. The predicted octanol–water partition coefficient (Wildman–Crippen LogP) is 2.02. The average molecular weight is 313 g/mol. The summed E-state index contributed by atoms with van der Waals surface area (Å²) < 4.78 is 27.4. The Morgan fingerprint density at radius 3 is 2.43 bits per heavy atom. The summed E-state index contributed by atoms with van der Waals surface area (Å²) in [6.07, 6.45) is 1.60. The van der Waals surface area contributed by atoms with Crippen LogP contribution in [-0.4, -0.2) is 26.4 Å². The van der Waals surface area contributed by atoms with Crippen molar-refractivity contribution >= 4 is 21.4 Å². The zero-order chi connectivity index (χ0) is 15.8. The lowest BCUT2D eigenvalue weighted by molar-refractivity contribution is -0.384. The highest BCUT2D eigenvalue weighted by molar-refractivity contribution is 7.89. The molecule has 116 valence electrons. The van der Waals surface area contributed by atoms with Crippen molar-refractivity contribution in [3.63, 3.8) is 0 Å². The maximum Gasteiger partial charge on any atom is 0.293 e. The molecular weight excluding hydrogens is 294 g/mol. The monoisotopic (exact) mass is 313 g/mol. The quantitative estimate of drug-likeness (QED) is 0.639. The van der Waals surface area contributed by atoms with Crippen LogP contribution in [0.4, 0.5) is 11.4 Å². The first-order valence-corrected chi connectivity index (χ1v) is 8.22. The molecule has 0 spiro atoms. The van der Waals surface area contributed by atoms with Crippen molar-refractivity contribution in [1.82, 2.24) is 4.72 Å². The maximum atomic E-state index is 12.4. The number of nitrogens with zero attached hydrogens (tertiary/aromatic N) is 1. The lowest BCUT2D eigenvalue weighted by atomic mass is 9.83. The highest BCUT2D eigenvalue weighted by Gasteiger charge is 2.31. The van der Waals surface area contributed by atoms with Gasteiger partial charge in [-0.15, -0.1) is 0 Å². The molecule has 1 aromatic rings. The minimum atomic E-state index is -3.74. The van der Waals surface area contributed by atoms with Crippen molar-refractivity contribution in [1.29, 1.82) is 0 Å². The van der Waals surface area contributed by atoms with Gasteiger partial charge in [0.05, 0.1) is 9.82 Å². The van der Waals surface area contributed by atoms with Gasteiger partial charge in [0, 0.05) is 19.2 Å². The first-order chi connectivity index (χ1) is 9.74. The van der Waals surface area contributed by atoms with Crippen molar-refractivity contribution in [2.24, 2.45) is 5.92 Å². The van der Waals surface area contributed by atoms with E-state index in [1.807, 2.05) is 0 Å². The largest absolute Gasteiger partial charge is 0.383 e. The summed E-state index contributed by atoms with van der Waals surface area (Å²) in [5, 5.41) is 13.8. The highest BCUT2D eigenvalue weighted by Crippen LogP contribution is 2.32. The molecule has 0 unspecified atom stereocenters. The molecule has 0 saturated heterocycles. The highest BCUT2D eigenvalue weighted by atomic mass is 32.2. The Labute approximate surface area is 123 Å². The number of nitro benzene ring substituents is 1. The topological polar surface area (TPSA) is 101 Å². The smallest absolute Gasteiger partial charge is 0.293 e. The Hall–Kier alpha value is -1.67. The lowest BCUT2D eigenvalue weighted by Crippen LogP contribution is -2.43. The van der Waals surface area contributed by atoms with E-state index in [0.29, 0.717) is 17.2 Å². The number of hydrogen-bond donors (Lipinski definition) is 2. The van der Waals surface area contributed by atoms with E-state index < -0.39 is 14.9 Å². The summed E-state index contributed by atoms with van der Waals surface area (Å²) in [6.45, 7) is 3.69. The molecule has 0 aromatic heterocycles. The fourth-order valence-corrected chi connectivity index (χ4v) is 4.11. The second kappa shape index (κ2) is 5.61. The van der Waals surface area contributed by atoms with Crippen LogP contribution in [0.1, 0.15) is 25.3 Å². The molecule has 0 atom stereocenters. The number of anilines is 1. The van der Waals surface area contributed by atoms with E-state index in [-0.39, 0.29) is 16.6 Å². The van der Waals surface area contributed by atoms with Crippen LogP contribution in [0.3, 0.4) is 0 Å². The van der Waals surface area contributed by atoms with Gasteiger partial charge in [-0.05, 0) is 37.3 Å². The van der Waals surface area contributed by atoms with Gasteiger partial charge in [-0.3, -0.25) is 10.1 Å². The van der Waals surface area contributed by atoms with E-state index in [9.17, 15) is 18.5 Å². The summed E-state index contributed by atoms with van der Waals surface area (Å²) in [6, 6.07) is 2.52. The first kappa shape index (κ1) is 15.7. The predicted molar refractivity (Wildman–Crippen MR) is 79.9 cm³/mol. The summed E-state index contributed by atoms with van der Waals surface area (Å²) in [5.41, 5.74) is 0.531. The van der Waals surface area contributed by atoms with Crippen molar-refractivity contribution in [3.8, 4) is 0 Å². The van der Waals surface area contributed by atoms with Crippen LogP contribution >= 0.6 is 0 Å². The zero-order valence-corrected chi connectivity index (χ0v) is 13.0. The van der Waals surface area contributed by atoms with Crippen LogP contribution in [0.5, 0.6) is 0 Å². The number of hydrogen-bond acceptors (Lipinski definition) is 5. The van der Waals surface area contributed by atoms with Gasteiger partial charge in [-0.2, -0.15) is 0 Å². The van der Waals surface area contributed by atoms with Crippen LogP contribution in [0, 0.1) is 23.0 Å². The van der Waals surface area contributed by atoms with Gasteiger partial charge < -0.3 is 5.32 Å². The van der Waals surface area contributed by atoms with E-state index in [1.54, 1.807) is 14.0 Å². The number of nitro groups is 1. The van der Waals surface area contributed by atoms with Gasteiger partial charge in [0.2, 0.25) is 10.0 Å². The third kappa shape index (κ3) is 3.16. The molecule has 8 heteroatoms. The number of rotatable bonds is 5. The Morgan fingerprint density at radius 1 is 1.33 bits per heavy atom. The van der Waals surface area contributed by atoms with Gasteiger partial charge in [-0.25, -0.2) is 13.1 Å². The Kier molecular flexibility index (Phi) is 4.20. The molecule has 21 heavy (non-hydrogen) atoms. The summed E-state index contributed by atoms with van der Waals surface area (Å²) >= 11 is 0. The lowest BCUT2D eigenvalue weighted by Gasteiger charge is -2.33. The Morgan fingerprint density at radius 2 is 1.95 bits per heavy atom. The molecule has 0 aliphatic heterocycles. The number of benzene rings is 1. The third-order valence-electron chi connectivity index (χ3n) is 3.74. The minimum absolute atomic E-state index is 0.0345. The molecule has 0 bridgehead atoms. The van der Waals surface area contributed by atoms with E-state index >= 15 is 0 Å². The first-order valence-electron chi connectivity index (χ1n) is 6.73. The van der Waals surface area contributed by atoms with Crippen LogP contribution in [-0.2, 0) is 10.0 Å². The summed E-state index contributed by atoms with van der Waals surface area (Å²) in [5.74, 6) is 0.514. The minimum Gasteiger partial charge on any atom is -0.383 e. The molecule has 2 N–H and O–H groups in total. The molecule has 0 radical (unpaired) electrons. The van der Waals surface area contributed by atoms with E-state index in [1.165, 1.54) is 6.07 Å². The average Bonchev–Trinajstić information content (AvgIpc) is 2.35. The molecule has 0 heterocycles. The maximum absolute atomic E-state index is 12.4. The van der Waals surface area contributed by atoms with E-state index in [0.717, 1.165) is 18.9 Å². The number of aryl methyl sites for hydroxylation is 1.